The molecule has 1 aromatic carbocycles. The van der Waals surface area contributed by atoms with Crippen LogP contribution in [0.5, 0.6) is 0 Å². The van der Waals surface area contributed by atoms with Crippen molar-refractivity contribution in [3.63, 3.8) is 0 Å². The summed E-state index contributed by atoms with van der Waals surface area (Å²) in [6.45, 7) is 0. The van der Waals surface area contributed by atoms with Crippen LogP contribution in [0.2, 0.25) is 0 Å². The van der Waals surface area contributed by atoms with Gasteiger partial charge in [0, 0.05) is 29.2 Å². The Kier molecular flexibility index (Phi) is 2.21. The van der Waals surface area contributed by atoms with Crippen LogP contribution in [0.15, 0.2) is 24.4 Å². The smallest absolute Gasteiger partial charge is 0.160 e. The molecule has 0 saturated heterocycles. The molecule has 1 aliphatic carbocycles. The lowest BCUT2D eigenvalue weighted by atomic mass is 10.0. The highest BCUT2D eigenvalue weighted by atomic mass is 32.1. The Morgan fingerprint density at radius 2 is 1.88 bits per heavy atom. The van der Waals surface area contributed by atoms with E-state index in [9.17, 15) is 8.78 Å². The summed E-state index contributed by atoms with van der Waals surface area (Å²) in [7, 11) is 0. The average Bonchev–Trinajstić information content (AvgIpc) is 3.05. The van der Waals surface area contributed by atoms with Crippen molar-refractivity contribution in [2.75, 3.05) is 4.90 Å². The first-order valence-corrected chi connectivity index (χ1v) is 5.82. The monoisotopic (exact) mass is 239 g/mol. The second-order valence-electron chi connectivity index (χ2n) is 4.25. The van der Waals surface area contributed by atoms with Gasteiger partial charge in [-0.25, -0.2) is 8.78 Å². The lowest BCUT2D eigenvalue weighted by Crippen LogP contribution is -2.23. The van der Waals surface area contributed by atoms with Crippen LogP contribution in [-0.2, 0) is 0 Å². The van der Waals surface area contributed by atoms with Gasteiger partial charge in [-0.3, -0.25) is 0 Å². The molecule has 0 radical (unpaired) electrons. The number of halogens is 2. The van der Waals surface area contributed by atoms with E-state index in [0.717, 1.165) is 24.1 Å². The first-order valence-electron chi connectivity index (χ1n) is 5.30. The predicted octanol–water partition coefficient (Wildman–Crippen LogP) is 3.43. The number of benzene rings is 1. The fourth-order valence-electron chi connectivity index (χ4n) is 2.04. The molecule has 0 bridgehead atoms. The van der Waals surface area contributed by atoms with Crippen LogP contribution in [0.3, 0.4) is 0 Å². The largest absolute Gasteiger partial charge is 0.345 e. The van der Waals surface area contributed by atoms with Crippen molar-refractivity contribution in [3.8, 4) is 0 Å². The molecule has 1 unspecified atom stereocenters. The lowest BCUT2D eigenvalue weighted by Gasteiger charge is -2.29. The van der Waals surface area contributed by atoms with Crippen LogP contribution < -0.4 is 4.90 Å². The summed E-state index contributed by atoms with van der Waals surface area (Å²) in [5.74, 6) is -1.59. The van der Waals surface area contributed by atoms with Gasteiger partial charge in [0.25, 0.3) is 0 Å². The molecule has 1 aromatic rings. The van der Waals surface area contributed by atoms with Crippen molar-refractivity contribution in [2.24, 2.45) is 0 Å². The fraction of sp³-hybridized carbons (Fsp3) is 0.333. The third-order valence-corrected chi connectivity index (χ3v) is 3.49. The minimum absolute atomic E-state index is 0.153. The molecule has 1 heterocycles. The first-order chi connectivity index (χ1) is 7.66. The number of fused-ring (bicyclic) bond motifs is 1. The second kappa shape index (κ2) is 3.48. The number of thiol groups is 1. The predicted molar refractivity (Wildman–Crippen MR) is 62.7 cm³/mol. The Bertz CT molecular complexity index is 468. The van der Waals surface area contributed by atoms with Crippen LogP contribution in [0.25, 0.3) is 0 Å². The Labute approximate surface area is 98.2 Å². The van der Waals surface area contributed by atoms with E-state index >= 15 is 0 Å². The standard InChI is InChI=1S/C12H11F2NS/c13-9-5-8-11(6-10(9)14)15(7-1-2-7)4-3-12(8)16/h3-7,12,16H,1-2H2. The van der Waals surface area contributed by atoms with Crippen LogP contribution in [0, 0.1) is 11.6 Å². The molecule has 4 heteroatoms. The quantitative estimate of drug-likeness (QED) is 0.735. The summed E-state index contributed by atoms with van der Waals surface area (Å²) in [4.78, 5) is 2.02. The topological polar surface area (TPSA) is 3.24 Å². The second-order valence-corrected chi connectivity index (χ2v) is 4.81. The maximum absolute atomic E-state index is 13.2. The maximum atomic E-state index is 13.2. The number of hydrogen-bond donors (Lipinski definition) is 1. The van der Waals surface area contributed by atoms with Gasteiger partial charge in [0.15, 0.2) is 11.6 Å². The molecule has 1 saturated carbocycles. The summed E-state index contributed by atoms with van der Waals surface area (Å²) in [5.41, 5.74) is 1.50. The van der Waals surface area contributed by atoms with E-state index in [4.69, 9.17) is 0 Å². The van der Waals surface area contributed by atoms with Crippen molar-refractivity contribution in [1.29, 1.82) is 0 Å². The minimum Gasteiger partial charge on any atom is -0.345 e. The molecule has 84 valence electrons. The first kappa shape index (κ1) is 10.1. The van der Waals surface area contributed by atoms with Gasteiger partial charge in [0.1, 0.15) is 0 Å². The highest BCUT2D eigenvalue weighted by Gasteiger charge is 2.32. The molecule has 16 heavy (non-hydrogen) atoms. The summed E-state index contributed by atoms with van der Waals surface area (Å²) < 4.78 is 26.4. The molecule has 2 aliphatic rings. The van der Waals surface area contributed by atoms with Gasteiger partial charge in [0.05, 0.1) is 0 Å². The van der Waals surface area contributed by atoms with Crippen LogP contribution in [0.1, 0.15) is 23.7 Å². The van der Waals surface area contributed by atoms with Crippen LogP contribution >= 0.6 is 12.6 Å². The van der Waals surface area contributed by atoms with Crippen LogP contribution in [0.4, 0.5) is 14.5 Å². The van der Waals surface area contributed by atoms with Gasteiger partial charge in [-0.1, -0.05) is 6.08 Å². The van der Waals surface area contributed by atoms with Crippen molar-refractivity contribution in [2.45, 2.75) is 24.1 Å². The van der Waals surface area contributed by atoms with Crippen molar-refractivity contribution >= 4 is 18.3 Å². The molecule has 0 spiro atoms. The average molecular weight is 239 g/mol. The van der Waals surface area contributed by atoms with Crippen molar-refractivity contribution in [1.82, 2.24) is 0 Å². The zero-order valence-electron chi connectivity index (χ0n) is 8.53. The Balaban J connectivity index is 2.12. The SMILES string of the molecule is Fc1cc2c(cc1F)N(C1CC1)C=CC2S. The van der Waals surface area contributed by atoms with Crippen molar-refractivity contribution in [3.05, 3.63) is 41.6 Å². The molecule has 1 atom stereocenters. The molecule has 1 nitrogen and oxygen atoms in total. The van der Waals surface area contributed by atoms with E-state index in [0.29, 0.717) is 6.04 Å². The zero-order chi connectivity index (χ0) is 11.3. The summed E-state index contributed by atoms with van der Waals surface area (Å²) in [6, 6.07) is 2.97. The van der Waals surface area contributed by atoms with E-state index < -0.39 is 11.6 Å². The number of hydrogen-bond acceptors (Lipinski definition) is 2. The van der Waals surface area contributed by atoms with Gasteiger partial charge in [-0.2, -0.15) is 12.6 Å². The summed E-state index contributed by atoms with van der Waals surface area (Å²) >= 11 is 4.35. The number of rotatable bonds is 1. The zero-order valence-corrected chi connectivity index (χ0v) is 9.42. The molecule has 1 fully saturated rings. The highest BCUT2D eigenvalue weighted by molar-refractivity contribution is 7.80. The normalized spacial score (nSPS) is 23.4. The minimum atomic E-state index is -0.802. The molecule has 0 aromatic heterocycles. The maximum Gasteiger partial charge on any atom is 0.160 e. The Morgan fingerprint density at radius 3 is 2.56 bits per heavy atom. The molecule has 0 N–H and O–H groups in total. The van der Waals surface area contributed by atoms with Gasteiger partial charge >= 0.3 is 0 Å². The third kappa shape index (κ3) is 1.52. The number of anilines is 1. The van der Waals surface area contributed by atoms with E-state index in [1.807, 2.05) is 17.2 Å². The molecular weight excluding hydrogens is 228 g/mol. The Hall–Kier alpha value is -1.03. The highest BCUT2D eigenvalue weighted by Crippen LogP contribution is 2.42. The molecule has 0 amide bonds. The molecule has 1 aliphatic heterocycles. The van der Waals surface area contributed by atoms with E-state index in [1.54, 1.807) is 0 Å². The summed E-state index contributed by atoms with van der Waals surface area (Å²) in [6.07, 6.45) is 6.05. The molecular formula is C12H11F2NS. The van der Waals surface area contributed by atoms with E-state index in [-0.39, 0.29) is 5.25 Å². The molecule has 3 rings (SSSR count). The van der Waals surface area contributed by atoms with Gasteiger partial charge in [-0.05, 0) is 24.5 Å². The Morgan fingerprint density at radius 1 is 1.19 bits per heavy atom. The number of nitrogens with zero attached hydrogens (tertiary/aromatic N) is 1. The van der Waals surface area contributed by atoms with E-state index in [1.165, 1.54) is 12.1 Å². The van der Waals surface area contributed by atoms with E-state index in [2.05, 4.69) is 12.6 Å². The van der Waals surface area contributed by atoms with Gasteiger partial charge < -0.3 is 4.90 Å². The lowest BCUT2D eigenvalue weighted by molar-refractivity contribution is 0.507. The van der Waals surface area contributed by atoms with Crippen LogP contribution in [-0.4, -0.2) is 6.04 Å². The van der Waals surface area contributed by atoms with Gasteiger partial charge in [0.2, 0.25) is 0 Å². The fourth-order valence-corrected chi connectivity index (χ4v) is 2.33. The van der Waals surface area contributed by atoms with Crippen molar-refractivity contribution < 1.29 is 8.78 Å². The third-order valence-electron chi connectivity index (χ3n) is 3.04. The van der Waals surface area contributed by atoms with Gasteiger partial charge in [-0.15, -0.1) is 0 Å². The summed E-state index contributed by atoms with van der Waals surface area (Å²) in [5, 5.41) is -0.153.